The maximum Gasteiger partial charge on any atom is 0.124 e. The zero-order valence-corrected chi connectivity index (χ0v) is 12.5. The van der Waals surface area contributed by atoms with E-state index in [1.165, 1.54) is 0 Å². The van der Waals surface area contributed by atoms with Gasteiger partial charge >= 0.3 is 0 Å². The number of phenols is 1. The third kappa shape index (κ3) is 2.20. The van der Waals surface area contributed by atoms with Crippen molar-refractivity contribution in [3.05, 3.63) is 95.3 Å². The van der Waals surface area contributed by atoms with E-state index in [4.69, 9.17) is 0 Å². The molecule has 0 heterocycles. The molecule has 1 aliphatic rings. The Morgan fingerprint density at radius 3 is 2.48 bits per heavy atom. The molecule has 3 aromatic rings. The van der Waals surface area contributed by atoms with E-state index < -0.39 is 0 Å². The molecule has 2 N–H and O–H groups in total. The predicted octanol–water partition coefficient (Wildman–Crippen LogP) is 4.98. The van der Waals surface area contributed by atoms with Gasteiger partial charge in [-0.15, -0.1) is 0 Å². The van der Waals surface area contributed by atoms with Crippen LogP contribution in [0.4, 0.5) is 0 Å². The van der Waals surface area contributed by atoms with Crippen LogP contribution in [0.3, 0.4) is 0 Å². The second-order valence-electron chi connectivity index (χ2n) is 5.70. The van der Waals surface area contributed by atoms with Gasteiger partial charge in [-0.1, -0.05) is 60.7 Å². The maximum absolute atomic E-state index is 10.6. The molecule has 2 heteroatoms. The van der Waals surface area contributed by atoms with E-state index >= 15 is 0 Å². The largest absolute Gasteiger partial charge is 0.507 e. The number of aromatic hydroxyl groups is 1. The smallest absolute Gasteiger partial charge is 0.124 e. The standard InChI is InChI=1S/C21H16O2/c22-18-11-5-8-14-6-1-3-9-16(14)20(18)21-17-10-4-2-7-15(17)12-13-19(21)23/h1-7,9-13,22-23H,8H2. The Morgan fingerprint density at radius 2 is 1.57 bits per heavy atom. The van der Waals surface area contributed by atoms with Gasteiger partial charge in [0.25, 0.3) is 0 Å². The van der Waals surface area contributed by atoms with Crippen LogP contribution >= 0.6 is 0 Å². The molecule has 0 bridgehead atoms. The van der Waals surface area contributed by atoms with E-state index in [0.29, 0.717) is 11.1 Å². The number of hydrogen-bond acceptors (Lipinski definition) is 2. The molecule has 0 aromatic heterocycles. The molecule has 3 aromatic carbocycles. The molecule has 4 rings (SSSR count). The Hall–Kier alpha value is -3.00. The number of fused-ring (bicyclic) bond motifs is 2. The number of allylic oxidation sites excluding steroid dienone is 2. The molecule has 1 aliphatic carbocycles. The lowest BCUT2D eigenvalue weighted by Crippen LogP contribution is -1.97. The van der Waals surface area contributed by atoms with E-state index in [0.717, 1.165) is 28.3 Å². The molecule has 23 heavy (non-hydrogen) atoms. The highest BCUT2D eigenvalue weighted by Gasteiger charge is 2.20. The highest BCUT2D eigenvalue weighted by atomic mass is 16.3. The van der Waals surface area contributed by atoms with Gasteiger partial charge in [0.2, 0.25) is 0 Å². The van der Waals surface area contributed by atoms with Gasteiger partial charge in [-0.2, -0.15) is 0 Å². The summed E-state index contributed by atoms with van der Waals surface area (Å²) >= 11 is 0. The second-order valence-corrected chi connectivity index (χ2v) is 5.70. The van der Waals surface area contributed by atoms with Crippen molar-refractivity contribution in [3.8, 4) is 5.75 Å². The fourth-order valence-electron chi connectivity index (χ4n) is 3.25. The Morgan fingerprint density at radius 1 is 0.783 bits per heavy atom. The van der Waals surface area contributed by atoms with Gasteiger partial charge in [0, 0.05) is 11.1 Å². The van der Waals surface area contributed by atoms with Gasteiger partial charge < -0.3 is 10.2 Å². The summed E-state index contributed by atoms with van der Waals surface area (Å²) in [5.41, 5.74) is 3.46. The molecule has 0 unspecified atom stereocenters. The van der Waals surface area contributed by atoms with Crippen molar-refractivity contribution in [3.63, 3.8) is 0 Å². The summed E-state index contributed by atoms with van der Waals surface area (Å²) in [6, 6.07) is 19.5. The van der Waals surface area contributed by atoms with E-state index in [1.807, 2.05) is 54.6 Å². The summed E-state index contributed by atoms with van der Waals surface area (Å²) in [6.45, 7) is 0. The number of rotatable bonds is 1. The Bertz CT molecular complexity index is 964. The van der Waals surface area contributed by atoms with E-state index in [-0.39, 0.29) is 11.5 Å². The number of aliphatic hydroxyl groups is 1. The van der Waals surface area contributed by atoms with Crippen LogP contribution in [0.2, 0.25) is 0 Å². The molecule has 0 fully saturated rings. The summed E-state index contributed by atoms with van der Waals surface area (Å²) in [5.74, 6) is 0.358. The molecular weight excluding hydrogens is 284 g/mol. The van der Waals surface area contributed by atoms with Crippen LogP contribution in [0.25, 0.3) is 16.3 Å². The minimum atomic E-state index is 0.176. The average Bonchev–Trinajstić information content (AvgIpc) is 2.74. The van der Waals surface area contributed by atoms with Crippen LogP contribution in [0.5, 0.6) is 5.75 Å². The van der Waals surface area contributed by atoms with E-state index in [1.54, 1.807) is 12.1 Å². The summed E-state index contributed by atoms with van der Waals surface area (Å²) in [5, 5.41) is 23.1. The molecule has 0 saturated heterocycles. The molecule has 2 nitrogen and oxygen atoms in total. The van der Waals surface area contributed by atoms with E-state index in [2.05, 4.69) is 6.07 Å². The van der Waals surface area contributed by atoms with Crippen molar-refractivity contribution in [1.29, 1.82) is 0 Å². The van der Waals surface area contributed by atoms with Crippen molar-refractivity contribution in [2.24, 2.45) is 0 Å². The van der Waals surface area contributed by atoms with Gasteiger partial charge in [-0.3, -0.25) is 0 Å². The van der Waals surface area contributed by atoms with Gasteiger partial charge in [-0.05, 0) is 40.5 Å². The van der Waals surface area contributed by atoms with Crippen molar-refractivity contribution in [2.45, 2.75) is 6.42 Å². The Kier molecular flexibility index (Phi) is 3.16. The molecule has 112 valence electrons. The van der Waals surface area contributed by atoms with Crippen LogP contribution in [0, 0.1) is 0 Å². The van der Waals surface area contributed by atoms with E-state index in [9.17, 15) is 10.2 Å². The zero-order valence-electron chi connectivity index (χ0n) is 12.5. The molecule has 0 atom stereocenters. The van der Waals surface area contributed by atoms with Crippen LogP contribution in [0.1, 0.15) is 16.7 Å². The first kappa shape index (κ1) is 13.6. The first-order valence-electron chi connectivity index (χ1n) is 7.65. The Labute approximate surface area is 134 Å². The maximum atomic E-state index is 10.6. The lowest BCUT2D eigenvalue weighted by atomic mass is 9.89. The van der Waals surface area contributed by atoms with Gasteiger partial charge in [0.1, 0.15) is 11.5 Å². The SMILES string of the molecule is OC1=C(c2c(O)ccc3ccccc23)c2ccccc2CC=C1. The first-order chi connectivity index (χ1) is 11.3. The Balaban J connectivity index is 2.12. The minimum Gasteiger partial charge on any atom is -0.507 e. The molecule has 0 saturated carbocycles. The third-order valence-electron chi connectivity index (χ3n) is 4.31. The van der Waals surface area contributed by atoms with Crippen molar-refractivity contribution in [2.75, 3.05) is 0 Å². The highest BCUT2D eigenvalue weighted by Crippen LogP contribution is 2.40. The number of benzene rings is 3. The molecular formula is C21H16O2. The fourth-order valence-corrected chi connectivity index (χ4v) is 3.25. The molecule has 0 amide bonds. The summed E-state index contributed by atoms with van der Waals surface area (Å²) in [6.07, 6.45) is 4.43. The predicted molar refractivity (Wildman–Crippen MR) is 93.5 cm³/mol. The molecule has 0 radical (unpaired) electrons. The number of aliphatic hydroxyl groups excluding tert-OH is 1. The van der Waals surface area contributed by atoms with Gasteiger partial charge in [-0.25, -0.2) is 0 Å². The monoisotopic (exact) mass is 300 g/mol. The van der Waals surface area contributed by atoms with Gasteiger partial charge in [0.15, 0.2) is 0 Å². The summed E-state index contributed by atoms with van der Waals surface area (Å²) in [7, 11) is 0. The first-order valence-corrected chi connectivity index (χ1v) is 7.65. The normalized spacial score (nSPS) is 13.9. The molecule has 0 aliphatic heterocycles. The van der Waals surface area contributed by atoms with Crippen LogP contribution in [-0.4, -0.2) is 10.2 Å². The van der Waals surface area contributed by atoms with Crippen molar-refractivity contribution < 1.29 is 10.2 Å². The summed E-state index contributed by atoms with van der Waals surface area (Å²) < 4.78 is 0. The van der Waals surface area contributed by atoms with Crippen molar-refractivity contribution in [1.82, 2.24) is 0 Å². The van der Waals surface area contributed by atoms with Crippen LogP contribution < -0.4 is 0 Å². The lowest BCUT2D eigenvalue weighted by molar-refractivity contribution is 0.434. The quantitative estimate of drug-likeness (QED) is 0.665. The summed E-state index contributed by atoms with van der Waals surface area (Å²) in [4.78, 5) is 0. The molecule has 0 spiro atoms. The van der Waals surface area contributed by atoms with Gasteiger partial charge in [0.05, 0.1) is 0 Å². The van der Waals surface area contributed by atoms with Crippen LogP contribution in [-0.2, 0) is 6.42 Å². The van der Waals surface area contributed by atoms with Crippen molar-refractivity contribution >= 4 is 16.3 Å². The minimum absolute atomic E-state index is 0.176. The number of hydrogen-bond donors (Lipinski definition) is 2. The average molecular weight is 300 g/mol. The topological polar surface area (TPSA) is 40.5 Å². The fraction of sp³-hybridized carbons (Fsp3) is 0.0476. The zero-order chi connectivity index (χ0) is 15.8. The number of phenolic OH excluding ortho intramolecular Hbond substituents is 1. The highest BCUT2D eigenvalue weighted by molar-refractivity contribution is 6.01. The lowest BCUT2D eigenvalue weighted by Gasteiger charge is -2.16. The third-order valence-corrected chi connectivity index (χ3v) is 4.31. The van der Waals surface area contributed by atoms with Crippen LogP contribution in [0.15, 0.2) is 78.6 Å². The second kappa shape index (κ2) is 5.33.